The Morgan fingerprint density at radius 2 is 0.727 bits per heavy atom. The summed E-state index contributed by atoms with van der Waals surface area (Å²) in [6, 6.07) is 6.12. The highest BCUT2D eigenvalue weighted by Crippen LogP contribution is 2.40. The average Bonchev–Trinajstić information content (AvgIpc) is 2.61. The van der Waals surface area contributed by atoms with Gasteiger partial charge >= 0.3 is 0 Å². The largest absolute Gasteiger partial charge is 0.230 e. The third-order valence-electron chi connectivity index (χ3n) is 4.51. The summed E-state index contributed by atoms with van der Waals surface area (Å²) in [5.41, 5.74) is -0.816. The van der Waals surface area contributed by atoms with Crippen LogP contribution in [0, 0.1) is 0 Å². The first kappa shape index (κ1) is 30.0. The van der Waals surface area contributed by atoms with Crippen molar-refractivity contribution in [2.45, 2.75) is 137 Å². The van der Waals surface area contributed by atoms with E-state index in [0.717, 1.165) is 16.7 Å². The quantitative estimate of drug-likeness (QED) is 0.274. The lowest BCUT2D eigenvalue weighted by Crippen LogP contribution is -2.35. The number of hydrogen-bond donors (Lipinski definition) is 0. The maximum Gasteiger partial charge on any atom is 0.123 e. The van der Waals surface area contributed by atoms with Gasteiger partial charge < -0.3 is 0 Å². The van der Waals surface area contributed by atoms with E-state index in [1.807, 2.05) is 116 Å². The van der Waals surface area contributed by atoms with Gasteiger partial charge in [0.15, 0.2) is 0 Å². The van der Waals surface area contributed by atoms with Crippen molar-refractivity contribution in [1.82, 2.24) is 0 Å². The molecule has 0 N–H and O–H groups in total. The molecule has 0 aromatic heterocycles. The smallest absolute Gasteiger partial charge is 0.123 e. The van der Waals surface area contributed by atoms with Crippen molar-refractivity contribution < 1.29 is 29.3 Å². The van der Waals surface area contributed by atoms with E-state index >= 15 is 0 Å². The van der Waals surface area contributed by atoms with Crippen LogP contribution in [0.3, 0.4) is 0 Å². The highest BCUT2D eigenvalue weighted by atomic mass is 17.2. The van der Waals surface area contributed by atoms with E-state index in [-0.39, 0.29) is 0 Å². The standard InChI is InChI=1S/C27H48O6/c1-22(2,3)28-31-25(10,11)19-16-17-20(26(12,13)32-29-23(4,5)6)21(18-19)27(14,15)33-30-24(7,8)9/h16-18H,1-15H3. The van der Waals surface area contributed by atoms with Gasteiger partial charge in [0.05, 0.1) is 16.8 Å². The van der Waals surface area contributed by atoms with E-state index in [1.54, 1.807) is 0 Å². The molecule has 0 saturated heterocycles. The Morgan fingerprint density at radius 1 is 0.394 bits per heavy atom. The number of hydrogen-bond acceptors (Lipinski definition) is 6. The predicted molar refractivity (Wildman–Crippen MR) is 131 cm³/mol. The van der Waals surface area contributed by atoms with Crippen LogP contribution in [-0.2, 0) is 46.1 Å². The maximum atomic E-state index is 5.97. The van der Waals surface area contributed by atoms with E-state index in [1.165, 1.54) is 0 Å². The van der Waals surface area contributed by atoms with Crippen LogP contribution in [0.2, 0.25) is 0 Å². The molecule has 0 unspecified atom stereocenters. The normalized spacial score (nSPS) is 14.6. The lowest BCUT2D eigenvalue weighted by atomic mass is 9.82. The molecule has 1 aromatic rings. The van der Waals surface area contributed by atoms with Crippen LogP contribution in [0.4, 0.5) is 0 Å². The highest BCUT2D eigenvalue weighted by Gasteiger charge is 2.37. The molecular weight excluding hydrogens is 420 g/mol. The van der Waals surface area contributed by atoms with Crippen molar-refractivity contribution >= 4 is 0 Å². The van der Waals surface area contributed by atoms with Crippen LogP contribution in [0.5, 0.6) is 0 Å². The minimum atomic E-state index is -0.790. The fourth-order valence-electron chi connectivity index (χ4n) is 2.77. The van der Waals surface area contributed by atoms with Crippen molar-refractivity contribution in [3.05, 3.63) is 34.9 Å². The van der Waals surface area contributed by atoms with E-state index in [0.29, 0.717) is 0 Å². The average molecular weight is 469 g/mol. The molecule has 192 valence electrons. The molecule has 0 amide bonds. The van der Waals surface area contributed by atoms with Gasteiger partial charge in [-0.2, -0.15) is 0 Å². The summed E-state index contributed by atoms with van der Waals surface area (Å²) in [5.74, 6) is 0. The molecule has 6 nitrogen and oxygen atoms in total. The summed E-state index contributed by atoms with van der Waals surface area (Å²) in [7, 11) is 0. The molecule has 0 heterocycles. The third kappa shape index (κ3) is 10.0. The third-order valence-corrected chi connectivity index (χ3v) is 4.51. The van der Waals surface area contributed by atoms with Crippen molar-refractivity contribution in [3.8, 4) is 0 Å². The summed E-state index contributed by atoms with van der Waals surface area (Å²) in [6.07, 6.45) is 0. The molecule has 0 saturated carbocycles. The van der Waals surface area contributed by atoms with Gasteiger partial charge in [0.2, 0.25) is 0 Å². The highest BCUT2D eigenvalue weighted by molar-refractivity contribution is 5.40. The molecular formula is C27H48O6. The van der Waals surface area contributed by atoms with Gasteiger partial charge in [0, 0.05) is 0 Å². The second kappa shape index (κ2) is 9.92. The Hall–Kier alpha value is -1.02. The molecule has 1 rings (SSSR count). The van der Waals surface area contributed by atoms with Gasteiger partial charge in [-0.25, -0.2) is 29.3 Å². The fourth-order valence-corrected chi connectivity index (χ4v) is 2.77. The topological polar surface area (TPSA) is 55.4 Å². The number of benzene rings is 1. The molecule has 0 radical (unpaired) electrons. The van der Waals surface area contributed by atoms with Crippen LogP contribution in [0.25, 0.3) is 0 Å². The zero-order chi connectivity index (χ0) is 26.1. The Morgan fingerprint density at radius 3 is 1.09 bits per heavy atom. The first-order chi connectivity index (χ1) is 14.5. The molecule has 0 aliphatic carbocycles. The van der Waals surface area contributed by atoms with Crippen molar-refractivity contribution in [3.63, 3.8) is 0 Å². The summed E-state index contributed by atoms with van der Waals surface area (Å²) in [4.78, 5) is 34.8. The van der Waals surface area contributed by atoms with Crippen LogP contribution >= 0.6 is 0 Å². The second-order valence-corrected chi connectivity index (χ2v) is 13.1. The summed E-state index contributed by atoms with van der Waals surface area (Å²) >= 11 is 0. The van der Waals surface area contributed by atoms with Gasteiger partial charge in [0.1, 0.15) is 16.8 Å². The van der Waals surface area contributed by atoms with Crippen molar-refractivity contribution in [2.24, 2.45) is 0 Å². The molecule has 0 aliphatic rings. The molecule has 0 aliphatic heterocycles. The summed E-state index contributed by atoms with van der Waals surface area (Å²) < 4.78 is 0. The predicted octanol–water partition coefficient (Wildman–Crippen LogP) is 7.63. The minimum Gasteiger partial charge on any atom is -0.230 e. The Bertz CT molecular complexity index is 773. The molecule has 0 spiro atoms. The SMILES string of the molecule is CC(C)(C)OOC(C)(C)c1ccc(C(C)(C)OOC(C)(C)C)c(C(C)(C)OOC(C)(C)C)c1. The monoisotopic (exact) mass is 468 g/mol. The number of rotatable bonds is 9. The molecule has 1 aromatic carbocycles. The van der Waals surface area contributed by atoms with E-state index in [4.69, 9.17) is 29.3 Å². The van der Waals surface area contributed by atoms with E-state index in [9.17, 15) is 0 Å². The summed E-state index contributed by atoms with van der Waals surface area (Å²) in [5, 5.41) is 0. The van der Waals surface area contributed by atoms with E-state index in [2.05, 4.69) is 6.07 Å². The first-order valence-electron chi connectivity index (χ1n) is 11.7. The molecule has 0 fully saturated rings. The van der Waals surface area contributed by atoms with Gasteiger partial charge in [-0.05, 0) is 127 Å². The molecule has 6 heteroatoms. The van der Waals surface area contributed by atoms with Gasteiger partial charge in [-0.1, -0.05) is 12.1 Å². The Balaban J connectivity index is 3.50. The zero-order valence-electron chi connectivity index (χ0n) is 23.7. The lowest BCUT2D eigenvalue weighted by Gasteiger charge is -2.37. The van der Waals surface area contributed by atoms with Crippen molar-refractivity contribution in [1.29, 1.82) is 0 Å². The van der Waals surface area contributed by atoms with E-state index < -0.39 is 33.6 Å². The van der Waals surface area contributed by atoms with Crippen LogP contribution in [0.1, 0.15) is 121 Å². The Labute approximate surface area is 202 Å². The summed E-state index contributed by atoms with van der Waals surface area (Å²) in [6.45, 7) is 29.4. The molecule has 0 atom stereocenters. The maximum absolute atomic E-state index is 5.97. The lowest BCUT2D eigenvalue weighted by molar-refractivity contribution is -0.408. The van der Waals surface area contributed by atoms with Crippen LogP contribution in [-0.4, -0.2) is 16.8 Å². The fraction of sp³-hybridized carbons (Fsp3) is 0.778. The van der Waals surface area contributed by atoms with Crippen LogP contribution in [0.15, 0.2) is 18.2 Å². The zero-order valence-corrected chi connectivity index (χ0v) is 23.7. The van der Waals surface area contributed by atoms with Gasteiger partial charge in [0.25, 0.3) is 0 Å². The van der Waals surface area contributed by atoms with Crippen LogP contribution < -0.4 is 0 Å². The van der Waals surface area contributed by atoms with Crippen molar-refractivity contribution in [2.75, 3.05) is 0 Å². The second-order valence-electron chi connectivity index (χ2n) is 13.1. The minimum absolute atomic E-state index is 0.427. The Kier molecular flexibility index (Phi) is 9.02. The van der Waals surface area contributed by atoms with Gasteiger partial charge in [-0.3, -0.25) is 0 Å². The molecule has 33 heavy (non-hydrogen) atoms. The molecule has 0 bridgehead atoms. The van der Waals surface area contributed by atoms with Gasteiger partial charge in [-0.15, -0.1) is 0 Å². The first-order valence-corrected chi connectivity index (χ1v) is 11.7.